The van der Waals surface area contributed by atoms with Crippen molar-refractivity contribution in [1.82, 2.24) is 0 Å². The van der Waals surface area contributed by atoms with Crippen molar-refractivity contribution in [1.29, 1.82) is 0 Å². The molecule has 0 saturated heterocycles. The predicted molar refractivity (Wildman–Crippen MR) is 45.7 cm³/mol. The Labute approximate surface area is 63.9 Å². The highest BCUT2D eigenvalue weighted by Crippen LogP contribution is 2.11. The van der Waals surface area contributed by atoms with Crippen LogP contribution in [0.15, 0.2) is 0 Å². The van der Waals surface area contributed by atoms with Gasteiger partial charge in [0, 0.05) is 0 Å². The molecule has 0 saturated carbocycles. The molecule has 3 nitrogen and oxygen atoms in total. The first-order valence-electron chi connectivity index (χ1n) is 3.81. The maximum Gasteiger partial charge on any atom is 0.267 e. The highest BCUT2D eigenvalue weighted by atomic mass is 28.4. The number of rotatable bonds is 5. The second-order valence-corrected chi connectivity index (χ2v) is 6.10. The summed E-state index contributed by atoms with van der Waals surface area (Å²) in [6.07, 6.45) is 1.09. The highest BCUT2D eigenvalue weighted by molar-refractivity contribution is 6.70. The first kappa shape index (κ1) is 10.1. The fourth-order valence-corrected chi connectivity index (χ4v) is 2.82. The number of hydrogen-bond donors (Lipinski definition) is 2. The average molecular weight is 162 g/mol. The van der Waals surface area contributed by atoms with Crippen LogP contribution in [0.3, 0.4) is 0 Å². The van der Waals surface area contributed by atoms with Crippen LogP contribution >= 0.6 is 0 Å². The molecule has 0 aromatic rings. The standard InChI is InChI=1S/C6H18N2OSi/c1-3-5-10(8,4-2)9-6-7/h3-8H2,1-2H3. The van der Waals surface area contributed by atoms with E-state index in [-0.39, 0.29) is 6.73 Å². The van der Waals surface area contributed by atoms with E-state index in [1.165, 1.54) is 0 Å². The SMILES string of the molecule is CCC[Si](N)(CC)OCN. The molecule has 0 aliphatic rings. The Kier molecular flexibility index (Phi) is 4.89. The number of hydrogen-bond acceptors (Lipinski definition) is 3. The summed E-state index contributed by atoms with van der Waals surface area (Å²) in [6.45, 7) is 4.46. The minimum atomic E-state index is -1.85. The summed E-state index contributed by atoms with van der Waals surface area (Å²) in [5.74, 6) is 0. The minimum absolute atomic E-state index is 0.274. The summed E-state index contributed by atoms with van der Waals surface area (Å²) in [6, 6.07) is 1.97. The quantitative estimate of drug-likeness (QED) is 0.463. The van der Waals surface area contributed by atoms with Crippen LogP contribution in [0.1, 0.15) is 20.3 Å². The second-order valence-electron chi connectivity index (χ2n) is 2.48. The van der Waals surface area contributed by atoms with Gasteiger partial charge in [-0.1, -0.05) is 20.3 Å². The summed E-state index contributed by atoms with van der Waals surface area (Å²) < 4.78 is 5.31. The third-order valence-electron chi connectivity index (χ3n) is 1.64. The maximum absolute atomic E-state index is 5.96. The van der Waals surface area contributed by atoms with E-state index in [1.807, 2.05) is 0 Å². The Morgan fingerprint density at radius 1 is 1.40 bits per heavy atom. The van der Waals surface area contributed by atoms with Crippen LogP contribution in [0.5, 0.6) is 0 Å². The van der Waals surface area contributed by atoms with E-state index >= 15 is 0 Å². The normalized spacial score (nSPS) is 16.8. The van der Waals surface area contributed by atoms with Crippen molar-refractivity contribution in [3.05, 3.63) is 0 Å². The smallest absolute Gasteiger partial charge is 0.267 e. The van der Waals surface area contributed by atoms with Gasteiger partial charge in [0.25, 0.3) is 8.48 Å². The van der Waals surface area contributed by atoms with Gasteiger partial charge in [-0.2, -0.15) is 0 Å². The molecule has 1 unspecified atom stereocenters. The van der Waals surface area contributed by atoms with Gasteiger partial charge in [-0.15, -0.1) is 0 Å². The van der Waals surface area contributed by atoms with Crippen LogP contribution in [-0.4, -0.2) is 15.2 Å². The van der Waals surface area contributed by atoms with Crippen molar-refractivity contribution < 1.29 is 4.43 Å². The van der Waals surface area contributed by atoms with E-state index in [4.69, 9.17) is 15.6 Å². The molecule has 0 aliphatic carbocycles. The van der Waals surface area contributed by atoms with Crippen LogP contribution in [0.4, 0.5) is 0 Å². The summed E-state index contributed by atoms with van der Waals surface area (Å²) in [5, 5.41) is 5.96. The molecule has 0 fully saturated rings. The van der Waals surface area contributed by atoms with Crippen LogP contribution in [0.2, 0.25) is 12.1 Å². The lowest BCUT2D eigenvalue weighted by Gasteiger charge is -2.23. The van der Waals surface area contributed by atoms with Crippen LogP contribution in [0, 0.1) is 0 Å². The van der Waals surface area contributed by atoms with Gasteiger partial charge in [-0.3, -0.25) is 0 Å². The topological polar surface area (TPSA) is 61.3 Å². The molecule has 0 spiro atoms. The molecule has 62 valence electrons. The summed E-state index contributed by atoms with van der Waals surface area (Å²) >= 11 is 0. The third-order valence-corrected chi connectivity index (χ3v) is 4.93. The lowest BCUT2D eigenvalue weighted by molar-refractivity contribution is 0.309. The molecule has 0 radical (unpaired) electrons. The van der Waals surface area contributed by atoms with Crippen molar-refractivity contribution in [2.24, 2.45) is 11.1 Å². The lowest BCUT2D eigenvalue weighted by Crippen LogP contribution is -2.49. The zero-order chi connectivity index (χ0) is 8.04. The van der Waals surface area contributed by atoms with E-state index in [9.17, 15) is 0 Å². The van der Waals surface area contributed by atoms with Gasteiger partial charge in [0.1, 0.15) is 0 Å². The molecule has 0 amide bonds. The molecule has 4 heteroatoms. The maximum atomic E-state index is 5.96. The van der Waals surface area contributed by atoms with E-state index < -0.39 is 8.48 Å². The summed E-state index contributed by atoms with van der Waals surface area (Å²) in [4.78, 5) is 0. The molecular formula is C6H18N2OSi. The Bertz CT molecular complexity index is 83.8. The van der Waals surface area contributed by atoms with Crippen molar-refractivity contribution in [2.75, 3.05) is 6.73 Å². The Hall–Kier alpha value is 0.0969. The summed E-state index contributed by atoms with van der Waals surface area (Å²) in [7, 11) is -1.85. The van der Waals surface area contributed by atoms with Crippen LogP contribution < -0.4 is 11.1 Å². The largest absolute Gasteiger partial charge is 0.391 e. The third kappa shape index (κ3) is 3.31. The Morgan fingerprint density at radius 3 is 2.30 bits per heavy atom. The first-order valence-corrected chi connectivity index (χ1v) is 6.21. The molecule has 0 rings (SSSR count). The van der Waals surface area contributed by atoms with Crippen LogP contribution in [-0.2, 0) is 4.43 Å². The fraction of sp³-hybridized carbons (Fsp3) is 1.00. The van der Waals surface area contributed by atoms with Crippen LogP contribution in [0.25, 0.3) is 0 Å². The van der Waals surface area contributed by atoms with Crippen molar-refractivity contribution >= 4 is 8.48 Å². The van der Waals surface area contributed by atoms with Crippen molar-refractivity contribution in [2.45, 2.75) is 32.4 Å². The zero-order valence-corrected chi connectivity index (χ0v) is 7.89. The molecular weight excluding hydrogens is 144 g/mol. The van der Waals surface area contributed by atoms with Gasteiger partial charge >= 0.3 is 0 Å². The molecule has 0 aromatic carbocycles. The van der Waals surface area contributed by atoms with Gasteiger partial charge in [0.2, 0.25) is 0 Å². The van der Waals surface area contributed by atoms with E-state index in [1.54, 1.807) is 0 Å². The molecule has 1 atom stereocenters. The zero-order valence-electron chi connectivity index (χ0n) is 6.89. The van der Waals surface area contributed by atoms with Gasteiger partial charge in [-0.25, -0.2) is 0 Å². The second kappa shape index (κ2) is 4.84. The van der Waals surface area contributed by atoms with E-state index in [2.05, 4.69) is 13.8 Å². The number of nitrogens with two attached hydrogens (primary N) is 2. The van der Waals surface area contributed by atoms with Crippen molar-refractivity contribution in [3.63, 3.8) is 0 Å². The summed E-state index contributed by atoms with van der Waals surface area (Å²) in [5.41, 5.74) is 5.25. The van der Waals surface area contributed by atoms with Gasteiger partial charge in [-0.05, 0) is 12.1 Å². The highest BCUT2D eigenvalue weighted by Gasteiger charge is 2.26. The molecule has 10 heavy (non-hydrogen) atoms. The minimum Gasteiger partial charge on any atom is -0.391 e. The monoisotopic (exact) mass is 162 g/mol. The predicted octanol–water partition coefficient (Wildman–Crippen LogP) is 0.750. The Morgan fingerprint density at radius 2 is 2.00 bits per heavy atom. The first-order chi connectivity index (χ1) is 4.68. The molecule has 0 bridgehead atoms. The Balaban J connectivity index is 3.69. The molecule has 4 N–H and O–H groups in total. The van der Waals surface area contributed by atoms with E-state index in [0.717, 1.165) is 18.5 Å². The molecule has 0 heterocycles. The average Bonchev–Trinajstić information content (AvgIpc) is 1.89. The fourth-order valence-electron chi connectivity index (χ4n) is 0.940. The van der Waals surface area contributed by atoms with Crippen molar-refractivity contribution in [3.8, 4) is 0 Å². The van der Waals surface area contributed by atoms with E-state index in [0.29, 0.717) is 0 Å². The van der Waals surface area contributed by atoms with Gasteiger partial charge in [0.05, 0.1) is 6.73 Å². The van der Waals surface area contributed by atoms with Gasteiger partial charge in [0.15, 0.2) is 0 Å². The van der Waals surface area contributed by atoms with Gasteiger partial charge < -0.3 is 15.6 Å². The molecule has 0 aromatic heterocycles. The molecule has 0 aliphatic heterocycles. The lowest BCUT2D eigenvalue weighted by atomic mass is 10.6.